The third kappa shape index (κ3) is 3.40. The minimum absolute atomic E-state index is 0.0170. The molecule has 11 heteroatoms. The fraction of sp³-hybridized carbons (Fsp3) is 0.333. The van der Waals surface area contributed by atoms with Gasteiger partial charge in [-0.25, -0.2) is 18.7 Å². The highest BCUT2D eigenvalue weighted by Gasteiger charge is 2.61. The molecule has 2 atom stereocenters. The summed E-state index contributed by atoms with van der Waals surface area (Å²) in [6, 6.07) is 2.59. The van der Waals surface area contributed by atoms with Crippen LogP contribution < -0.4 is 5.32 Å². The SMILES string of the molecule is O=C(CN1C[C@]2(C[C@@H]2F)c2cc(C(F)(F)F)ccc2C1=O)Nc1ncc(F)cn1. The van der Waals surface area contributed by atoms with Crippen molar-refractivity contribution in [1.82, 2.24) is 14.9 Å². The van der Waals surface area contributed by atoms with Gasteiger partial charge in [-0.1, -0.05) is 0 Å². The zero-order valence-electron chi connectivity index (χ0n) is 14.6. The van der Waals surface area contributed by atoms with Crippen LogP contribution in [0.25, 0.3) is 0 Å². The molecule has 0 bridgehead atoms. The second-order valence-corrected chi connectivity index (χ2v) is 7.02. The smallest absolute Gasteiger partial charge is 0.328 e. The molecule has 0 unspecified atom stereocenters. The first-order valence-corrected chi connectivity index (χ1v) is 8.53. The fourth-order valence-corrected chi connectivity index (χ4v) is 3.53. The summed E-state index contributed by atoms with van der Waals surface area (Å²) in [4.78, 5) is 33.1. The van der Waals surface area contributed by atoms with E-state index in [1.807, 2.05) is 0 Å². The second kappa shape index (κ2) is 6.46. The summed E-state index contributed by atoms with van der Waals surface area (Å²) in [6.45, 7) is -0.701. The van der Waals surface area contributed by atoms with Gasteiger partial charge in [-0.15, -0.1) is 0 Å². The number of fused-ring (bicyclic) bond motifs is 2. The van der Waals surface area contributed by atoms with Crippen LogP contribution in [0.5, 0.6) is 0 Å². The minimum atomic E-state index is -4.62. The Hall–Kier alpha value is -3.11. The number of carbonyl (C=O) groups excluding carboxylic acids is 2. The van der Waals surface area contributed by atoms with Crippen LogP contribution in [0.1, 0.15) is 27.9 Å². The monoisotopic (exact) mass is 412 g/mol. The molecular formula is C18H13F5N4O2. The summed E-state index contributed by atoms with van der Waals surface area (Å²) in [5, 5.41) is 2.28. The summed E-state index contributed by atoms with van der Waals surface area (Å²) < 4.78 is 66.1. The number of carbonyl (C=O) groups is 2. The van der Waals surface area contributed by atoms with E-state index >= 15 is 0 Å². The molecule has 2 heterocycles. The van der Waals surface area contributed by atoms with Crippen molar-refractivity contribution < 1.29 is 31.5 Å². The van der Waals surface area contributed by atoms with E-state index in [1.165, 1.54) is 0 Å². The van der Waals surface area contributed by atoms with Crippen LogP contribution in [-0.4, -0.2) is 45.9 Å². The summed E-state index contributed by atoms with van der Waals surface area (Å²) in [6.07, 6.45) is -4.38. The molecule has 1 aliphatic carbocycles. The Morgan fingerprint density at radius 3 is 2.52 bits per heavy atom. The molecule has 1 saturated carbocycles. The number of hydrogen-bond donors (Lipinski definition) is 1. The van der Waals surface area contributed by atoms with Crippen molar-refractivity contribution in [3.8, 4) is 0 Å². The Balaban J connectivity index is 1.58. The van der Waals surface area contributed by atoms with Gasteiger partial charge in [0.2, 0.25) is 11.9 Å². The van der Waals surface area contributed by atoms with E-state index in [0.717, 1.165) is 35.5 Å². The van der Waals surface area contributed by atoms with Gasteiger partial charge >= 0.3 is 6.18 Å². The number of halogens is 5. The molecule has 1 aromatic heterocycles. The molecule has 152 valence electrons. The lowest BCUT2D eigenvalue weighted by molar-refractivity contribution is -0.137. The summed E-state index contributed by atoms with van der Waals surface area (Å²) in [5.41, 5.74) is -2.25. The van der Waals surface area contributed by atoms with Crippen molar-refractivity contribution >= 4 is 17.8 Å². The van der Waals surface area contributed by atoms with E-state index in [1.54, 1.807) is 0 Å². The summed E-state index contributed by atoms with van der Waals surface area (Å²) >= 11 is 0. The van der Waals surface area contributed by atoms with Crippen molar-refractivity contribution in [2.75, 3.05) is 18.4 Å². The van der Waals surface area contributed by atoms with E-state index in [0.29, 0.717) is 0 Å². The van der Waals surface area contributed by atoms with Crippen LogP contribution in [0.3, 0.4) is 0 Å². The average Bonchev–Trinajstić information content (AvgIpc) is 3.30. The van der Waals surface area contributed by atoms with Crippen LogP contribution in [0.2, 0.25) is 0 Å². The molecule has 29 heavy (non-hydrogen) atoms. The van der Waals surface area contributed by atoms with Gasteiger partial charge in [0, 0.05) is 17.5 Å². The number of nitrogens with zero attached hydrogens (tertiary/aromatic N) is 3. The lowest BCUT2D eigenvalue weighted by Gasteiger charge is -2.34. The summed E-state index contributed by atoms with van der Waals surface area (Å²) in [5.74, 6) is -2.26. The molecule has 2 aliphatic rings. The normalized spacial score (nSPS) is 23.1. The number of alkyl halides is 4. The number of rotatable bonds is 3. The third-order valence-corrected chi connectivity index (χ3v) is 5.06. The molecule has 1 aliphatic heterocycles. The van der Waals surface area contributed by atoms with Crippen molar-refractivity contribution in [1.29, 1.82) is 0 Å². The maximum absolute atomic E-state index is 14.2. The first-order valence-electron chi connectivity index (χ1n) is 8.53. The fourth-order valence-electron chi connectivity index (χ4n) is 3.53. The number of aromatic nitrogens is 2. The van der Waals surface area contributed by atoms with Gasteiger partial charge in [0.15, 0.2) is 5.82 Å². The highest BCUT2D eigenvalue weighted by molar-refractivity contribution is 6.01. The van der Waals surface area contributed by atoms with Crippen molar-refractivity contribution in [2.24, 2.45) is 0 Å². The third-order valence-electron chi connectivity index (χ3n) is 5.06. The average molecular weight is 412 g/mol. The Morgan fingerprint density at radius 1 is 1.28 bits per heavy atom. The van der Waals surface area contributed by atoms with Crippen LogP contribution in [0, 0.1) is 5.82 Å². The van der Waals surface area contributed by atoms with Gasteiger partial charge in [0.25, 0.3) is 5.91 Å². The molecule has 1 N–H and O–H groups in total. The maximum Gasteiger partial charge on any atom is 0.416 e. The second-order valence-electron chi connectivity index (χ2n) is 7.02. The van der Waals surface area contributed by atoms with E-state index < -0.39 is 47.5 Å². The predicted octanol–water partition coefficient (Wildman–Crippen LogP) is 2.71. The van der Waals surface area contributed by atoms with Gasteiger partial charge in [-0.2, -0.15) is 13.2 Å². The molecule has 2 amide bonds. The summed E-state index contributed by atoms with van der Waals surface area (Å²) in [7, 11) is 0. The number of anilines is 1. The first kappa shape index (κ1) is 19.2. The molecular weight excluding hydrogens is 399 g/mol. The van der Waals surface area contributed by atoms with Gasteiger partial charge in [-0.3, -0.25) is 14.9 Å². The standard InChI is InChI=1S/C18H13F5N4O2/c19-10-5-24-16(25-6-10)26-14(28)7-27-8-17(4-13(17)20)12-3-9(18(21,22)23)1-2-11(12)15(27)29/h1-3,5-6,13H,4,7-8H2,(H,24,25,26,28)/t13-,17+/m0/s1. The Bertz CT molecular complexity index is 995. The number of amides is 2. The van der Waals surface area contributed by atoms with Crippen molar-refractivity contribution in [2.45, 2.75) is 24.2 Å². The highest BCUT2D eigenvalue weighted by Crippen LogP contribution is 2.55. The molecule has 4 rings (SSSR count). The van der Waals surface area contributed by atoms with Crippen molar-refractivity contribution in [3.05, 3.63) is 53.1 Å². The molecule has 0 radical (unpaired) electrons. The molecule has 0 saturated heterocycles. The lowest BCUT2D eigenvalue weighted by atomic mass is 9.85. The Labute approximate surface area is 160 Å². The molecule has 2 aromatic rings. The molecule has 6 nitrogen and oxygen atoms in total. The van der Waals surface area contributed by atoms with Crippen LogP contribution >= 0.6 is 0 Å². The number of nitrogens with one attached hydrogen (secondary N) is 1. The largest absolute Gasteiger partial charge is 0.416 e. The quantitative estimate of drug-likeness (QED) is 0.787. The van der Waals surface area contributed by atoms with Crippen LogP contribution in [0.4, 0.5) is 27.9 Å². The van der Waals surface area contributed by atoms with Gasteiger partial charge < -0.3 is 4.90 Å². The van der Waals surface area contributed by atoms with E-state index in [2.05, 4.69) is 15.3 Å². The molecule has 1 fully saturated rings. The van der Waals surface area contributed by atoms with Crippen LogP contribution in [-0.2, 0) is 16.4 Å². The Kier molecular flexibility index (Phi) is 4.28. The van der Waals surface area contributed by atoms with E-state index in [9.17, 15) is 31.5 Å². The Morgan fingerprint density at radius 2 is 1.93 bits per heavy atom. The zero-order chi connectivity index (χ0) is 21.0. The van der Waals surface area contributed by atoms with Gasteiger partial charge in [0.1, 0.15) is 12.7 Å². The molecule has 1 aromatic carbocycles. The zero-order valence-corrected chi connectivity index (χ0v) is 14.6. The maximum atomic E-state index is 14.2. The topological polar surface area (TPSA) is 75.2 Å². The van der Waals surface area contributed by atoms with Gasteiger partial charge in [-0.05, 0) is 30.2 Å². The number of hydrogen-bond acceptors (Lipinski definition) is 4. The molecule has 1 spiro atoms. The predicted molar refractivity (Wildman–Crippen MR) is 89.2 cm³/mol. The van der Waals surface area contributed by atoms with Crippen molar-refractivity contribution in [3.63, 3.8) is 0 Å². The highest BCUT2D eigenvalue weighted by atomic mass is 19.4. The van der Waals surface area contributed by atoms with E-state index in [-0.39, 0.29) is 30.0 Å². The number of benzene rings is 1. The van der Waals surface area contributed by atoms with E-state index in [4.69, 9.17) is 0 Å². The van der Waals surface area contributed by atoms with Crippen LogP contribution in [0.15, 0.2) is 30.6 Å². The minimum Gasteiger partial charge on any atom is -0.328 e. The lowest BCUT2D eigenvalue weighted by Crippen LogP contribution is -2.47. The van der Waals surface area contributed by atoms with Gasteiger partial charge in [0.05, 0.1) is 18.0 Å². The first-order chi connectivity index (χ1) is 13.6.